The molecule has 0 fully saturated rings. The summed E-state index contributed by atoms with van der Waals surface area (Å²) in [5, 5.41) is 14.0. The van der Waals surface area contributed by atoms with Crippen molar-refractivity contribution in [2.75, 3.05) is 18.6 Å². The molecule has 0 radical (unpaired) electrons. The van der Waals surface area contributed by atoms with Crippen LogP contribution in [0.2, 0.25) is 0 Å². The minimum atomic E-state index is -3.15. The second-order valence-corrected chi connectivity index (χ2v) is 8.13. The Bertz CT molecular complexity index is 447. The molecule has 21 heavy (non-hydrogen) atoms. The monoisotopic (exact) mass is 322 g/mol. The third-order valence-electron chi connectivity index (χ3n) is 2.75. The standard InChI is InChI=1S/C13H26N2O5S/c1-9(2)5-11(6-12(16)17)7-14-13(18)15-10(3)8-21(4,19)20/h9-11H,5-8H2,1-4H3,(H,16,17)(H2,14,15,18). The first-order chi connectivity index (χ1) is 9.49. The van der Waals surface area contributed by atoms with Gasteiger partial charge in [-0.05, 0) is 25.2 Å². The molecule has 0 aromatic heterocycles. The Balaban J connectivity index is 4.26. The first kappa shape index (κ1) is 19.7. The van der Waals surface area contributed by atoms with Gasteiger partial charge in [0.2, 0.25) is 0 Å². The molecule has 0 heterocycles. The highest BCUT2D eigenvalue weighted by Crippen LogP contribution is 2.14. The Morgan fingerprint density at radius 1 is 1.19 bits per heavy atom. The van der Waals surface area contributed by atoms with Gasteiger partial charge in [0.15, 0.2) is 0 Å². The molecule has 0 saturated heterocycles. The zero-order valence-corrected chi connectivity index (χ0v) is 13.9. The summed E-state index contributed by atoms with van der Waals surface area (Å²) < 4.78 is 22.2. The number of carbonyl (C=O) groups excluding carboxylic acids is 1. The third kappa shape index (κ3) is 12.2. The zero-order chi connectivity index (χ0) is 16.6. The number of aliphatic carboxylic acids is 1. The lowest BCUT2D eigenvalue weighted by molar-refractivity contribution is -0.138. The quantitative estimate of drug-likeness (QED) is 0.582. The van der Waals surface area contributed by atoms with Crippen LogP contribution in [0, 0.1) is 11.8 Å². The SMILES string of the molecule is CC(C)CC(CNC(=O)NC(C)CS(C)(=O)=O)CC(=O)O. The van der Waals surface area contributed by atoms with Gasteiger partial charge >= 0.3 is 12.0 Å². The fourth-order valence-electron chi connectivity index (χ4n) is 2.16. The summed E-state index contributed by atoms with van der Waals surface area (Å²) in [6.07, 6.45) is 1.80. The molecule has 124 valence electrons. The number of hydrogen-bond donors (Lipinski definition) is 3. The number of carbonyl (C=O) groups is 2. The summed E-state index contributed by atoms with van der Waals surface area (Å²) in [4.78, 5) is 22.4. The first-order valence-corrected chi connectivity index (χ1v) is 8.99. The third-order valence-corrected chi connectivity index (χ3v) is 3.86. The van der Waals surface area contributed by atoms with E-state index in [1.165, 1.54) is 0 Å². The Morgan fingerprint density at radius 2 is 1.76 bits per heavy atom. The molecular formula is C13H26N2O5S. The minimum absolute atomic E-state index is 0.00263. The molecule has 2 atom stereocenters. The Morgan fingerprint density at radius 3 is 2.19 bits per heavy atom. The van der Waals surface area contributed by atoms with Gasteiger partial charge in [0, 0.05) is 25.3 Å². The number of carboxylic acid groups (broad SMARTS) is 1. The molecule has 0 aliphatic rings. The van der Waals surface area contributed by atoms with Gasteiger partial charge in [-0.1, -0.05) is 13.8 Å². The van der Waals surface area contributed by atoms with Crippen molar-refractivity contribution in [3.63, 3.8) is 0 Å². The highest BCUT2D eigenvalue weighted by molar-refractivity contribution is 7.90. The molecule has 0 spiro atoms. The summed E-state index contributed by atoms with van der Waals surface area (Å²) in [7, 11) is -3.15. The molecule has 0 aliphatic heterocycles. The summed E-state index contributed by atoms with van der Waals surface area (Å²) in [6, 6.07) is -0.978. The van der Waals surface area contributed by atoms with Gasteiger partial charge in [-0.25, -0.2) is 13.2 Å². The van der Waals surface area contributed by atoms with Gasteiger partial charge < -0.3 is 15.7 Å². The van der Waals surface area contributed by atoms with Crippen LogP contribution in [0.15, 0.2) is 0 Å². The fraction of sp³-hybridized carbons (Fsp3) is 0.846. The van der Waals surface area contributed by atoms with Crippen molar-refractivity contribution in [1.82, 2.24) is 10.6 Å². The smallest absolute Gasteiger partial charge is 0.315 e. The van der Waals surface area contributed by atoms with Crippen molar-refractivity contribution in [2.24, 2.45) is 11.8 Å². The van der Waals surface area contributed by atoms with Crippen LogP contribution in [-0.2, 0) is 14.6 Å². The molecule has 0 aliphatic carbocycles. The normalized spacial score (nSPS) is 14.5. The lowest BCUT2D eigenvalue weighted by atomic mass is 9.94. The molecule has 0 aromatic carbocycles. The van der Waals surface area contributed by atoms with E-state index in [1.54, 1.807) is 6.92 Å². The first-order valence-electron chi connectivity index (χ1n) is 6.93. The van der Waals surface area contributed by atoms with Crippen LogP contribution in [0.3, 0.4) is 0 Å². The summed E-state index contributed by atoms with van der Waals surface area (Å²) >= 11 is 0. The highest BCUT2D eigenvalue weighted by atomic mass is 32.2. The van der Waals surface area contributed by atoms with Crippen molar-refractivity contribution in [3.05, 3.63) is 0 Å². The van der Waals surface area contributed by atoms with E-state index in [-0.39, 0.29) is 24.6 Å². The number of sulfone groups is 1. The minimum Gasteiger partial charge on any atom is -0.481 e. The van der Waals surface area contributed by atoms with Crippen LogP contribution in [0.5, 0.6) is 0 Å². The van der Waals surface area contributed by atoms with E-state index in [4.69, 9.17) is 5.11 Å². The van der Waals surface area contributed by atoms with Gasteiger partial charge in [-0.3, -0.25) is 4.79 Å². The predicted octanol–water partition coefficient (Wildman–Crippen LogP) is 0.856. The second-order valence-electron chi connectivity index (χ2n) is 5.94. The molecular weight excluding hydrogens is 296 g/mol. The van der Waals surface area contributed by atoms with Crippen molar-refractivity contribution in [1.29, 1.82) is 0 Å². The van der Waals surface area contributed by atoms with Crippen LogP contribution >= 0.6 is 0 Å². The van der Waals surface area contributed by atoms with E-state index < -0.39 is 27.9 Å². The topological polar surface area (TPSA) is 113 Å². The number of hydrogen-bond acceptors (Lipinski definition) is 4. The Kier molecular flexibility index (Phi) is 8.31. The molecule has 2 unspecified atom stereocenters. The van der Waals surface area contributed by atoms with Crippen LogP contribution in [-0.4, -0.2) is 50.1 Å². The average Bonchev–Trinajstić information content (AvgIpc) is 2.21. The van der Waals surface area contributed by atoms with E-state index in [2.05, 4.69) is 10.6 Å². The molecule has 0 rings (SSSR count). The van der Waals surface area contributed by atoms with E-state index in [9.17, 15) is 18.0 Å². The molecule has 0 bridgehead atoms. The fourth-order valence-corrected chi connectivity index (χ4v) is 3.15. The van der Waals surface area contributed by atoms with Gasteiger partial charge in [0.05, 0.1) is 5.75 Å². The maximum Gasteiger partial charge on any atom is 0.315 e. The number of urea groups is 1. The van der Waals surface area contributed by atoms with Crippen molar-refractivity contribution in [3.8, 4) is 0 Å². The Labute approximate surface area is 126 Å². The average molecular weight is 322 g/mol. The van der Waals surface area contributed by atoms with Crippen LogP contribution < -0.4 is 10.6 Å². The molecule has 3 N–H and O–H groups in total. The maximum atomic E-state index is 11.7. The van der Waals surface area contributed by atoms with E-state index in [0.29, 0.717) is 12.3 Å². The number of nitrogens with one attached hydrogen (secondary N) is 2. The van der Waals surface area contributed by atoms with Crippen molar-refractivity contribution in [2.45, 2.75) is 39.7 Å². The van der Waals surface area contributed by atoms with Crippen LogP contribution in [0.4, 0.5) is 4.79 Å². The summed E-state index contributed by atoms with van der Waals surface area (Å²) in [5.74, 6) is -0.833. The van der Waals surface area contributed by atoms with E-state index >= 15 is 0 Å². The molecule has 0 saturated carbocycles. The molecule has 8 heteroatoms. The molecule has 7 nitrogen and oxygen atoms in total. The highest BCUT2D eigenvalue weighted by Gasteiger charge is 2.17. The zero-order valence-electron chi connectivity index (χ0n) is 13.0. The van der Waals surface area contributed by atoms with Gasteiger partial charge in [0.1, 0.15) is 9.84 Å². The maximum absolute atomic E-state index is 11.7. The van der Waals surface area contributed by atoms with Gasteiger partial charge in [-0.15, -0.1) is 0 Å². The van der Waals surface area contributed by atoms with Crippen molar-refractivity contribution >= 4 is 21.8 Å². The molecule has 0 aromatic rings. The Hall–Kier alpha value is -1.31. The number of rotatable bonds is 9. The molecule has 2 amide bonds. The lowest BCUT2D eigenvalue weighted by Gasteiger charge is -2.19. The van der Waals surface area contributed by atoms with Crippen molar-refractivity contribution < 1.29 is 23.1 Å². The van der Waals surface area contributed by atoms with Crippen LogP contribution in [0.1, 0.15) is 33.6 Å². The van der Waals surface area contributed by atoms with Gasteiger partial charge in [0.25, 0.3) is 0 Å². The summed E-state index contributed by atoms with van der Waals surface area (Å²) in [6.45, 7) is 5.83. The van der Waals surface area contributed by atoms with Crippen LogP contribution in [0.25, 0.3) is 0 Å². The number of carboxylic acids is 1. The predicted molar refractivity (Wildman–Crippen MR) is 80.9 cm³/mol. The lowest BCUT2D eigenvalue weighted by Crippen LogP contribution is -2.45. The van der Waals surface area contributed by atoms with E-state index in [0.717, 1.165) is 6.26 Å². The summed E-state index contributed by atoms with van der Waals surface area (Å²) in [5.41, 5.74) is 0. The largest absolute Gasteiger partial charge is 0.481 e. The second kappa shape index (κ2) is 8.86. The number of amides is 2. The van der Waals surface area contributed by atoms with E-state index in [1.807, 2.05) is 13.8 Å². The van der Waals surface area contributed by atoms with Gasteiger partial charge in [-0.2, -0.15) is 0 Å².